The molecule has 2 aliphatic rings. The van der Waals surface area contributed by atoms with E-state index in [0.29, 0.717) is 23.1 Å². The van der Waals surface area contributed by atoms with Crippen LogP contribution in [0.25, 0.3) is 0 Å². The van der Waals surface area contributed by atoms with Crippen LogP contribution in [0, 0.1) is 5.82 Å². The van der Waals surface area contributed by atoms with E-state index >= 15 is 0 Å². The van der Waals surface area contributed by atoms with Gasteiger partial charge in [-0.25, -0.2) is 22.9 Å². The quantitative estimate of drug-likeness (QED) is 0.487. The van der Waals surface area contributed by atoms with E-state index in [9.17, 15) is 22.8 Å². The van der Waals surface area contributed by atoms with Crippen molar-refractivity contribution in [1.29, 1.82) is 0 Å². The first-order valence-corrected chi connectivity index (χ1v) is 13.1. The summed E-state index contributed by atoms with van der Waals surface area (Å²) < 4.78 is 50.6. The monoisotopic (exact) mass is 567 g/mol. The van der Waals surface area contributed by atoms with Gasteiger partial charge in [-0.2, -0.15) is 0 Å². The molecular weight excluding hydrogens is 535 g/mol. The number of carbonyl (C=O) groups excluding carboxylic acids is 2. The van der Waals surface area contributed by atoms with Crippen molar-refractivity contribution >= 4 is 29.1 Å². The van der Waals surface area contributed by atoms with E-state index in [1.54, 1.807) is 36.7 Å². The number of hydrogen-bond donors (Lipinski definition) is 1. The molecule has 0 bridgehead atoms. The second-order valence-electron chi connectivity index (χ2n) is 9.25. The van der Waals surface area contributed by atoms with Crippen LogP contribution in [0.3, 0.4) is 0 Å². The fraction of sp³-hybridized carbons (Fsp3) is 0.462. The first-order chi connectivity index (χ1) is 18.5. The third kappa shape index (κ3) is 8.60. The molecular formula is C26H32F3N5O4S. The normalized spacial score (nSPS) is 20.6. The van der Waals surface area contributed by atoms with Crippen LogP contribution in [-0.4, -0.2) is 98.0 Å². The van der Waals surface area contributed by atoms with Gasteiger partial charge in [0, 0.05) is 36.8 Å². The molecule has 1 N–H and O–H groups in total. The Morgan fingerprint density at radius 2 is 1.97 bits per heavy atom. The molecule has 2 atom stereocenters. The molecule has 1 fully saturated rings. The number of thiazole rings is 1. The highest BCUT2D eigenvalue weighted by Crippen LogP contribution is 2.34. The molecule has 2 unspecified atom stereocenters. The molecule has 0 radical (unpaired) electrons. The predicted octanol–water partition coefficient (Wildman–Crippen LogP) is 2.95. The number of hydrogen-bond acceptors (Lipinski definition) is 10. The van der Waals surface area contributed by atoms with Crippen LogP contribution in [0.2, 0.25) is 0 Å². The van der Waals surface area contributed by atoms with Crippen LogP contribution >= 0.6 is 11.3 Å². The van der Waals surface area contributed by atoms with Gasteiger partial charge in [0.15, 0.2) is 10.8 Å². The number of carbonyl (C=O) groups is 2. The summed E-state index contributed by atoms with van der Waals surface area (Å²) in [6.07, 6.45) is 0.979. The van der Waals surface area contributed by atoms with Crippen molar-refractivity contribution in [2.75, 3.05) is 47.4 Å². The van der Waals surface area contributed by atoms with Gasteiger partial charge in [-0.05, 0) is 33.2 Å². The molecule has 212 valence electrons. The van der Waals surface area contributed by atoms with Crippen molar-refractivity contribution in [3.05, 3.63) is 64.0 Å². The molecule has 1 aromatic carbocycles. The lowest BCUT2D eigenvalue weighted by molar-refractivity contribution is -0.149. The van der Waals surface area contributed by atoms with Gasteiger partial charge in [-0.15, -0.1) is 11.3 Å². The minimum atomic E-state index is -3.05. The first-order valence-electron chi connectivity index (χ1n) is 12.2. The average molecular weight is 568 g/mol. The lowest BCUT2D eigenvalue weighted by atomic mass is 10.0. The Bertz CT molecular complexity index is 1180. The largest absolute Gasteiger partial charge is 0.466 e. The maximum Gasteiger partial charge on any atom is 0.337 e. The number of methoxy groups -OCH3 is 1. The topological polar surface area (TPSA) is 96.4 Å². The summed E-state index contributed by atoms with van der Waals surface area (Å²) in [6, 6.07) is 6.23. The molecule has 9 nitrogen and oxygen atoms in total. The minimum absolute atomic E-state index is 0.0950. The van der Waals surface area contributed by atoms with Crippen molar-refractivity contribution in [2.24, 2.45) is 4.99 Å². The summed E-state index contributed by atoms with van der Waals surface area (Å²) in [5.41, 5.74) is 0.580. The molecule has 1 saturated heterocycles. The van der Waals surface area contributed by atoms with Crippen LogP contribution < -0.4 is 5.32 Å². The van der Waals surface area contributed by atoms with E-state index in [1.807, 2.05) is 19.0 Å². The number of rotatable bonds is 8. The lowest BCUT2D eigenvalue weighted by Gasteiger charge is -2.29. The molecule has 0 spiro atoms. The summed E-state index contributed by atoms with van der Waals surface area (Å²) in [7, 11) is 4.89. The van der Waals surface area contributed by atoms with Crippen molar-refractivity contribution in [1.82, 2.24) is 20.1 Å². The third-order valence-electron chi connectivity index (χ3n) is 5.89. The fourth-order valence-electron chi connectivity index (χ4n) is 4.06. The highest BCUT2D eigenvalue weighted by atomic mass is 32.1. The number of likely N-dealkylation sites (tertiary alicyclic amines) is 1. The van der Waals surface area contributed by atoms with Crippen molar-refractivity contribution in [3.8, 4) is 0 Å². The Morgan fingerprint density at radius 1 is 1.26 bits per heavy atom. The zero-order valence-electron chi connectivity index (χ0n) is 22.2. The smallest absolute Gasteiger partial charge is 0.337 e. The number of alkyl halides is 2. The van der Waals surface area contributed by atoms with Gasteiger partial charge in [0.2, 0.25) is 0 Å². The Labute approximate surface area is 229 Å². The second-order valence-corrected chi connectivity index (χ2v) is 10.1. The van der Waals surface area contributed by atoms with Crippen LogP contribution in [0.15, 0.2) is 58.2 Å². The number of nitrogens with one attached hydrogen (secondary N) is 1. The maximum absolute atomic E-state index is 14.3. The number of ether oxygens (including phenoxy) is 2. The van der Waals surface area contributed by atoms with Gasteiger partial charge >= 0.3 is 11.9 Å². The summed E-state index contributed by atoms with van der Waals surface area (Å²) >= 11 is 1.35. The number of nitrogens with zero attached hydrogens (tertiary/aromatic N) is 4. The lowest BCUT2D eigenvalue weighted by Crippen LogP contribution is -2.44. The number of esters is 2. The van der Waals surface area contributed by atoms with Crippen LogP contribution in [0.1, 0.15) is 18.4 Å². The summed E-state index contributed by atoms with van der Waals surface area (Å²) in [4.78, 5) is 36.9. The first kappa shape index (κ1) is 30.3. The molecule has 2 aromatic rings. The van der Waals surface area contributed by atoms with E-state index in [-0.39, 0.29) is 24.5 Å². The summed E-state index contributed by atoms with van der Waals surface area (Å²) in [5, 5.41) is 5.44. The molecule has 39 heavy (non-hydrogen) atoms. The highest BCUT2D eigenvalue weighted by molar-refractivity contribution is 7.11. The van der Waals surface area contributed by atoms with Gasteiger partial charge in [-0.1, -0.05) is 18.2 Å². The van der Waals surface area contributed by atoms with Gasteiger partial charge in [0.05, 0.1) is 25.3 Å². The number of halogens is 3. The van der Waals surface area contributed by atoms with Gasteiger partial charge in [-0.3, -0.25) is 14.7 Å². The standard InChI is InChI=1S/C20H27F2N5O4S.C6H5F/c1-12-15(19(29)30-4)13(25-16(24-12)17-23-5-8-32-17)10-27-11-20(21,22)9-14(27)18(28)31-7-6-26(2)3;7-6-4-2-1-3-5-6/h5,8,12,14H,6-7,9-11H2,1-4H3,(H,24,25);1-5H. The van der Waals surface area contributed by atoms with Gasteiger partial charge < -0.3 is 19.7 Å². The molecule has 13 heteroatoms. The number of aliphatic imine (C=N–C) groups is 1. The van der Waals surface area contributed by atoms with Gasteiger partial charge in [0.25, 0.3) is 5.92 Å². The van der Waals surface area contributed by atoms with Gasteiger partial charge in [0.1, 0.15) is 18.5 Å². The molecule has 4 rings (SSSR count). The van der Waals surface area contributed by atoms with E-state index in [2.05, 4.69) is 15.3 Å². The molecule has 0 saturated carbocycles. The zero-order valence-corrected chi connectivity index (χ0v) is 23.0. The van der Waals surface area contributed by atoms with Crippen LogP contribution in [0.5, 0.6) is 0 Å². The highest BCUT2D eigenvalue weighted by Gasteiger charge is 2.49. The van der Waals surface area contributed by atoms with Crippen LogP contribution in [0.4, 0.5) is 13.2 Å². The van der Waals surface area contributed by atoms with Crippen molar-refractivity contribution in [2.45, 2.75) is 31.4 Å². The molecule has 3 heterocycles. The number of benzene rings is 1. The predicted molar refractivity (Wildman–Crippen MR) is 141 cm³/mol. The molecule has 1 aromatic heterocycles. The minimum Gasteiger partial charge on any atom is -0.466 e. The molecule has 0 aliphatic carbocycles. The number of aromatic nitrogens is 1. The second kappa shape index (κ2) is 13.7. The zero-order chi connectivity index (χ0) is 28.6. The van der Waals surface area contributed by atoms with Crippen LogP contribution in [-0.2, 0) is 19.1 Å². The fourth-order valence-corrected chi connectivity index (χ4v) is 4.64. The average Bonchev–Trinajstić information content (AvgIpc) is 3.52. The van der Waals surface area contributed by atoms with Crippen molar-refractivity contribution < 1.29 is 32.2 Å². The van der Waals surface area contributed by atoms with Crippen molar-refractivity contribution in [3.63, 3.8) is 0 Å². The van der Waals surface area contributed by atoms with E-state index in [4.69, 9.17) is 9.47 Å². The number of likely N-dealkylation sites (N-methyl/N-ethyl adjacent to an activating group) is 1. The Balaban J connectivity index is 0.000000520. The Morgan fingerprint density at radius 3 is 2.54 bits per heavy atom. The molecule has 2 aliphatic heterocycles. The number of amidine groups is 1. The van der Waals surface area contributed by atoms with E-state index in [0.717, 1.165) is 0 Å². The maximum atomic E-state index is 14.3. The summed E-state index contributed by atoms with van der Waals surface area (Å²) in [5.74, 6) is -4.11. The Kier molecular flexibility index (Phi) is 10.6. The third-order valence-corrected chi connectivity index (χ3v) is 6.67. The summed E-state index contributed by atoms with van der Waals surface area (Å²) in [6.45, 7) is 1.58. The Hall–Kier alpha value is -3.29. The van der Waals surface area contributed by atoms with E-state index < -0.39 is 42.9 Å². The van der Waals surface area contributed by atoms with E-state index in [1.165, 1.54) is 35.5 Å². The molecule has 0 amide bonds. The SMILES string of the molecule is COC(=O)C1=C(CN2CC(F)(F)CC2C(=O)OCCN(C)C)NC(c2nccs2)=NC1C.Fc1ccccc1.